The first-order valence-corrected chi connectivity index (χ1v) is 10.2. The van der Waals surface area contributed by atoms with Crippen LogP contribution in [0.5, 0.6) is 11.5 Å². The quantitative estimate of drug-likeness (QED) is 0.170. The monoisotopic (exact) mass is 514 g/mol. The van der Waals surface area contributed by atoms with Crippen LogP contribution in [0.4, 0.5) is 22.0 Å². The average molecular weight is 515 g/mol. The van der Waals surface area contributed by atoms with Gasteiger partial charge in [0, 0.05) is 11.1 Å². The molecular weight excluding hydrogens is 499 g/mol. The molecule has 4 aromatic rings. The molecule has 34 heavy (non-hydrogen) atoms. The fourth-order valence-corrected chi connectivity index (χ4v) is 3.94. The number of aromatic nitrogens is 2. The molecule has 0 amide bonds. The number of hydrogen-bond acceptors (Lipinski definition) is 4. The number of imidazole rings is 1. The van der Waals surface area contributed by atoms with Crippen molar-refractivity contribution in [2.75, 3.05) is 14.2 Å². The summed E-state index contributed by atoms with van der Waals surface area (Å²) >= 11 is 0.305. The lowest BCUT2D eigenvalue weighted by atomic mass is 10.0. The molecule has 178 valence electrons. The molecule has 0 unspecified atom stereocenters. The van der Waals surface area contributed by atoms with Crippen molar-refractivity contribution in [2.45, 2.75) is 10.1 Å². The second-order valence-corrected chi connectivity index (χ2v) is 7.72. The molecule has 1 N–H and O–H groups in total. The normalized spacial score (nSPS) is 10.7. The first-order valence-electron chi connectivity index (χ1n) is 9.42. The number of hydrogen-bond donors (Lipinski definition) is 1. The van der Waals surface area contributed by atoms with Gasteiger partial charge < -0.3 is 14.5 Å². The van der Waals surface area contributed by atoms with Gasteiger partial charge in [-0.3, -0.25) is 0 Å². The Kier molecular flexibility index (Phi) is 7.73. The molecule has 0 radical (unpaired) electrons. The van der Waals surface area contributed by atoms with Gasteiger partial charge in [-0.05, 0) is 60.3 Å². The Morgan fingerprint density at radius 1 is 0.676 bits per heavy atom. The van der Waals surface area contributed by atoms with Crippen LogP contribution in [-0.4, -0.2) is 24.2 Å². The van der Waals surface area contributed by atoms with Gasteiger partial charge >= 0.3 is 0 Å². The van der Waals surface area contributed by atoms with Gasteiger partial charge in [-0.1, -0.05) is 0 Å². The van der Waals surface area contributed by atoms with Gasteiger partial charge in [-0.2, -0.15) is 0 Å². The van der Waals surface area contributed by atoms with Gasteiger partial charge in [0.25, 0.3) is 0 Å². The number of methoxy groups -OCH3 is 2. The Labute approximate surface area is 201 Å². The van der Waals surface area contributed by atoms with Crippen molar-refractivity contribution >= 4 is 24.2 Å². The van der Waals surface area contributed by atoms with E-state index in [1.807, 2.05) is 0 Å². The Hall–Kier alpha value is -3.24. The van der Waals surface area contributed by atoms with Crippen molar-refractivity contribution in [1.29, 1.82) is 0 Å². The van der Waals surface area contributed by atoms with Crippen LogP contribution in [-0.2, 0) is 0 Å². The number of rotatable bonds is 6. The number of H-pyrrole nitrogens is 1. The second-order valence-electron chi connectivity index (χ2n) is 6.72. The highest BCUT2D eigenvalue weighted by atomic mass is 35.5. The van der Waals surface area contributed by atoms with Crippen LogP contribution in [0.2, 0.25) is 0 Å². The van der Waals surface area contributed by atoms with E-state index >= 15 is 0 Å². The molecular formula is C23H16ClF5N2O2S. The highest BCUT2D eigenvalue weighted by Gasteiger charge is 2.27. The summed E-state index contributed by atoms with van der Waals surface area (Å²) in [5, 5.41) is -0.0603. The van der Waals surface area contributed by atoms with Crippen LogP contribution in [0, 0.1) is 29.1 Å². The molecule has 0 bridgehead atoms. The zero-order valence-electron chi connectivity index (χ0n) is 17.6. The minimum atomic E-state index is -2.22. The summed E-state index contributed by atoms with van der Waals surface area (Å²) in [4.78, 5) is 6.25. The lowest BCUT2D eigenvalue weighted by Crippen LogP contribution is -2.03. The van der Waals surface area contributed by atoms with Gasteiger partial charge in [-0.15, -0.1) is 12.4 Å². The molecule has 0 fully saturated rings. The average Bonchev–Trinajstić information content (AvgIpc) is 3.28. The van der Waals surface area contributed by atoms with Crippen LogP contribution in [0.25, 0.3) is 22.5 Å². The van der Waals surface area contributed by atoms with E-state index in [1.54, 1.807) is 48.5 Å². The fourth-order valence-electron chi connectivity index (χ4n) is 3.10. The van der Waals surface area contributed by atoms with E-state index in [4.69, 9.17) is 9.47 Å². The molecule has 4 nitrogen and oxygen atoms in total. The number of halogens is 6. The largest absolute Gasteiger partial charge is 0.497 e. The first-order chi connectivity index (χ1) is 15.8. The third-order valence-electron chi connectivity index (χ3n) is 4.79. The highest BCUT2D eigenvalue weighted by Crippen LogP contribution is 2.39. The Bertz CT molecular complexity index is 1220. The summed E-state index contributed by atoms with van der Waals surface area (Å²) in [6, 6.07) is 13.8. The molecule has 0 saturated carbocycles. The standard InChI is InChI=1S/C23H15F5N2O2S.ClH/c1-31-13-7-3-11(4-8-13)20-21(12-5-9-14(32-2)10-6-12)30-23(29-20)33-22-18(27)16(25)15(24)17(26)19(22)28;/h3-10H,1-2H3,(H,29,30);1H. The summed E-state index contributed by atoms with van der Waals surface area (Å²) < 4.78 is 79.4. The van der Waals surface area contributed by atoms with Crippen LogP contribution in [0.15, 0.2) is 58.6 Å². The zero-order chi connectivity index (χ0) is 23.7. The fraction of sp³-hybridized carbons (Fsp3) is 0.0870. The molecule has 0 atom stereocenters. The summed E-state index contributed by atoms with van der Waals surface area (Å²) in [5.41, 5.74) is 2.20. The van der Waals surface area contributed by atoms with E-state index in [0.29, 0.717) is 45.8 Å². The number of aromatic amines is 1. The molecule has 0 aliphatic rings. The first kappa shape index (κ1) is 25.4. The Balaban J connectivity index is 0.00000324. The van der Waals surface area contributed by atoms with Gasteiger partial charge in [0.05, 0.1) is 30.5 Å². The van der Waals surface area contributed by atoms with Gasteiger partial charge in [0.2, 0.25) is 5.82 Å². The van der Waals surface area contributed by atoms with Crippen LogP contribution in [0.1, 0.15) is 0 Å². The zero-order valence-corrected chi connectivity index (χ0v) is 19.2. The smallest absolute Gasteiger partial charge is 0.200 e. The van der Waals surface area contributed by atoms with E-state index in [2.05, 4.69) is 9.97 Å². The molecule has 1 heterocycles. The summed E-state index contributed by atoms with van der Waals surface area (Å²) in [6.07, 6.45) is 0. The lowest BCUT2D eigenvalue weighted by molar-refractivity contribution is 0.361. The van der Waals surface area contributed by atoms with Crippen molar-refractivity contribution in [3.05, 3.63) is 77.6 Å². The SMILES string of the molecule is COc1ccc(-c2nc(Sc3c(F)c(F)c(F)c(F)c3F)[nH]c2-c2ccc(OC)cc2)cc1.Cl. The third kappa shape index (κ3) is 4.69. The topological polar surface area (TPSA) is 47.1 Å². The third-order valence-corrected chi connectivity index (χ3v) is 5.74. The van der Waals surface area contributed by atoms with Gasteiger partial charge in [-0.25, -0.2) is 26.9 Å². The lowest BCUT2D eigenvalue weighted by Gasteiger charge is -2.06. The molecule has 3 aromatic carbocycles. The molecule has 0 saturated heterocycles. The van der Waals surface area contributed by atoms with E-state index in [1.165, 1.54) is 14.2 Å². The Morgan fingerprint density at radius 3 is 1.59 bits per heavy atom. The molecule has 1 aromatic heterocycles. The minimum Gasteiger partial charge on any atom is -0.497 e. The predicted molar refractivity (Wildman–Crippen MR) is 120 cm³/mol. The van der Waals surface area contributed by atoms with Gasteiger partial charge in [0.15, 0.2) is 28.4 Å². The number of benzene rings is 3. The summed E-state index contributed by atoms with van der Waals surface area (Å²) in [5.74, 6) is -8.89. The van der Waals surface area contributed by atoms with Crippen LogP contribution < -0.4 is 9.47 Å². The van der Waals surface area contributed by atoms with Crippen LogP contribution >= 0.6 is 24.2 Å². The van der Waals surface area contributed by atoms with E-state index < -0.39 is 34.0 Å². The van der Waals surface area contributed by atoms with Crippen molar-refractivity contribution < 1.29 is 31.4 Å². The van der Waals surface area contributed by atoms with Gasteiger partial charge in [0.1, 0.15) is 11.5 Å². The second kappa shape index (κ2) is 10.4. The van der Waals surface area contributed by atoms with Crippen molar-refractivity contribution in [3.63, 3.8) is 0 Å². The van der Waals surface area contributed by atoms with E-state index in [-0.39, 0.29) is 17.6 Å². The van der Waals surface area contributed by atoms with Crippen LogP contribution in [0.3, 0.4) is 0 Å². The maximum absolute atomic E-state index is 14.2. The molecule has 0 aliphatic heterocycles. The summed E-state index contributed by atoms with van der Waals surface area (Å²) in [7, 11) is 3.04. The van der Waals surface area contributed by atoms with E-state index in [9.17, 15) is 22.0 Å². The maximum Gasteiger partial charge on any atom is 0.200 e. The number of nitrogens with zero attached hydrogens (tertiary/aromatic N) is 1. The van der Waals surface area contributed by atoms with Crippen molar-refractivity contribution in [2.24, 2.45) is 0 Å². The molecule has 11 heteroatoms. The van der Waals surface area contributed by atoms with Crippen molar-refractivity contribution in [3.8, 4) is 34.0 Å². The predicted octanol–water partition coefficient (Wildman–Crippen LogP) is 7.03. The molecule has 4 rings (SSSR count). The number of ether oxygens (including phenoxy) is 2. The molecule has 0 spiro atoms. The minimum absolute atomic E-state index is 0. The number of nitrogens with one attached hydrogen (secondary N) is 1. The van der Waals surface area contributed by atoms with Crippen molar-refractivity contribution in [1.82, 2.24) is 9.97 Å². The molecule has 0 aliphatic carbocycles. The van der Waals surface area contributed by atoms with E-state index in [0.717, 1.165) is 0 Å². The maximum atomic E-state index is 14.2. The Morgan fingerprint density at radius 2 is 1.12 bits per heavy atom. The summed E-state index contributed by atoms with van der Waals surface area (Å²) in [6.45, 7) is 0. The highest BCUT2D eigenvalue weighted by molar-refractivity contribution is 7.99.